The first kappa shape index (κ1) is 20.2. The summed E-state index contributed by atoms with van der Waals surface area (Å²) in [4.78, 5) is 5.83. The molecule has 0 aliphatic carbocycles. The van der Waals surface area contributed by atoms with E-state index in [1.807, 2.05) is 19.9 Å². The molecule has 3 rings (SSSR count). The van der Waals surface area contributed by atoms with Gasteiger partial charge in [-0.05, 0) is 26.0 Å². The molecule has 150 valence electrons. The zero-order valence-electron chi connectivity index (χ0n) is 15.5. The smallest absolute Gasteiger partial charge is 0.283 e. The standard InChI is InChI=1S/C17H19F2N5O3S/c1-10-8-23(9-11(2)27-10)17-13(6-20)15(16(18)19)22-24(17)14-5-4-12(7-21-14)28(3,25)26/h4-5,7,10-11,16H,8-9H2,1-3H3/t10-,11+. The van der Waals surface area contributed by atoms with Crippen molar-refractivity contribution >= 4 is 15.7 Å². The minimum atomic E-state index is -3.46. The number of nitrogens with zero attached hydrogens (tertiary/aromatic N) is 5. The molecule has 1 fully saturated rings. The highest BCUT2D eigenvalue weighted by Crippen LogP contribution is 2.33. The van der Waals surface area contributed by atoms with Crippen molar-refractivity contribution in [3.05, 3.63) is 29.6 Å². The normalized spacial score (nSPS) is 20.4. The summed E-state index contributed by atoms with van der Waals surface area (Å²) in [6, 6.07) is 4.52. The van der Waals surface area contributed by atoms with Gasteiger partial charge >= 0.3 is 0 Å². The molecule has 0 amide bonds. The van der Waals surface area contributed by atoms with E-state index in [4.69, 9.17) is 4.74 Å². The number of nitriles is 1. The summed E-state index contributed by atoms with van der Waals surface area (Å²) in [6.45, 7) is 4.47. The maximum atomic E-state index is 13.5. The predicted octanol–water partition coefficient (Wildman–Crippen LogP) is 2.09. The third-order valence-electron chi connectivity index (χ3n) is 4.29. The van der Waals surface area contributed by atoms with Crippen LogP contribution < -0.4 is 4.90 Å². The number of morpholine rings is 1. The van der Waals surface area contributed by atoms with Crippen LogP contribution in [0.2, 0.25) is 0 Å². The molecule has 1 aliphatic heterocycles. The molecule has 0 aromatic carbocycles. The number of rotatable bonds is 4. The summed E-state index contributed by atoms with van der Waals surface area (Å²) in [7, 11) is -3.46. The Labute approximate surface area is 161 Å². The summed E-state index contributed by atoms with van der Waals surface area (Å²) in [5.74, 6) is 0.331. The maximum Gasteiger partial charge on any atom is 0.283 e. The van der Waals surface area contributed by atoms with E-state index in [2.05, 4.69) is 10.1 Å². The second kappa shape index (κ2) is 7.44. The molecule has 2 aromatic heterocycles. The number of pyridine rings is 1. The van der Waals surface area contributed by atoms with Crippen LogP contribution in [0.4, 0.5) is 14.6 Å². The average Bonchev–Trinajstić information content (AvgIpc) is 3.00. The molecule has 0 N–H and O–H groups in total. The quantitative estimate of drug-likeness (QED) is 0.759. The third-order valence-corrected chi connectivity index (χ3v) is 5.39. The summed E-state index contributed by atoms with van der Waals surface area (Å²) in [6.07, 6.45) is -1.11. The molecule has 0 unspecified atom stereocenters. The lowest BCUT2D eigenvalue weighted by Crippen LogP contribution is -2.46. The van der Waals surface area contributed by atoms with Crippen LogP contribution in [0.15, 0.2) is 23.2 Å². The zero-order chi connectivity index (χ0) is 20.6. The molecule has 2 atom stereocenters. The van der Waals surface area contributed by atoms with Crippen LogP contribution in [0.1, 0.15) is 31.5 Å². The number of alkyl halides is 2. The Balaban J connectivity index is 2.16. The molecule has 0 radical (unpaired) electrons. The van der Waals surface area contributed by atoms with Gasteiger partial charge in [-0.2, -0.15) is 15.0 Å². The van der Waals surface area contributed by atoms with Crippen LogP contribution in [0.3, 0.4) is 0 Å². The second-order valence-corrected chi connectivity index (χ2v) is 8.71. The van der Waals surface area contributed by atoms with Gasteiger partial charge in [-0.15, -0.1) is 0 Å². The van der Waals surface area contributed by atoms with E-state index in [0.29, 0.717) is 13.1 Å². The average molecular weight is 411 g/mol. The largest absolute Gasteiger partial charge is 0.372 e. The van der Waals surface area contributed by atoms with Gasteiger partial charge < -0.3 is 9.64 Å². The van der Waals surface area contributed by atoms with E-state index in [1.54, 1.807) is 4.90 Å². The molecule has 0 saturated carbocycles. The lowest BCUT2D eigenvalue weighted by molar-refractivity contribution is -0.00560. The van der Waals surface area contributed by atoms with Gasteiger partial charge in [0.1, 0.15) is 17.3 Å². The van der Waals surface area contributed by atoms with E-state index >= 15 is 0 Å². The van der Waals surface area contributed by atoms with E-state index in [9.17, 15) is 22.5 Å². The van der Waals surface area contributed by atoms with Gasteiger partial charge in [0.2, 0.25) is 0 Å². The minimum absolute atomic E-state index is 0.00633. The summed E-state index contributed by atoms with van der Waals surface area (Å²) >= 11 is 0. The van der Waals surface area contributed by atoms with Gasteiger partial charge in [0.15, 0.2) is 21.5 Å². The van der Waals surface area contributed by atoms with Crippen molar-refractivity contribution in [2.45, 2.75) is 37.4 Å². The van der Waals surface area contributed by atoms with E-state index < -0.39 is 22.0 Å². The Morgan fingerprint density at radius 2 is 1.93 bits per heavy atom. The number of halogens is 2. The van der Waals surface area contributed by atoms with Crippen LogP contribution in [0.25, 0.3) is 5.82 Å². The van der Waals surface area contributed by atoms with E-state index in [1.165, 1.54) is 12.1 Å². The molecule has 1 aliphatic rings. The molecule has 1 saturated heterocycles. The van der Waals surface area contributed by atoms with Crippen molar-refractivity contribution in [3.8, 4) is 11.9 Å². The first-order valence-electron chi connectivity index (χ1n) is 8.50. The van der Waals surface area contributed by atoms with Gasteiger partial charge in [-0.1, -0.05) is 0 Å². The molecule has 11 heteroatoms. The van der Waals surface area contributed by atoms with Crippen molar-refractivity contribution in [2.24, 2.45) is 0 Å². The van der Waals surface area contributed by atoms with Crippen LogP contribution in [-0.4, -0.2) is 54.7 Å². The SMILES string of the molecule is C[C@@H]1CN(c2c(C#N)c(C(F)F)nn2-c2ccc(S(C)(=O)=O)cn2)C[C@H](C)O1. The second-order valence-electron chi connectivity index (χ2n) is 6.69. The van der Waals surface area contributed by atoms with Crippen molar-refractivity contribution in [1.29, 1.82) is 5.26 Å². The highest BCUT2D eigenvalue weighted by atomic mass is 32.2. The fourth-order valence-electron chi connectivity index (χ4n) is 3.21. The number of aromatic nitrogens is 3. The highest BCUT2D eigenvalue weighted by Gasteiger charge is 2.32. The zero-order valence-corrected chi connectivity index (χ0v) is 16.3. The van der Waals surface area contributed by atoms with E-state index in [0.717, 1.165) is 17.1 Å². The predicted molar refractivity (Wildman–Crippen MR) is 96.4 cm³/mol. The number of hydrogen-bond donors (Lipinski definition) is 0. The molecule has 0 bridgehead atoms. The van der Waals surface area contributed by atoms with Gasteiger partial charge in [0.05, 0.1) is 17.1 Å². The van der Waals surface area contributed by atoms with Gasteiger partial charge in [0, 0.05) is 25.5 Å². The molecule has 3 heterocycles. The molecule has 0 spiro atoms. The van der Waals surface area contributed by atoms with Gasteiger partial charge in [0.25, 0.3) is 6.43 Å². The van der Waals surface area contributed by atoms with Crippen molar-refractivity contribution in [3.63, 3.8) is 0 Å². The maximum absolute atomic E-state index is 13.5. The minimum Gasteiger partial charge on any atom is -0.372 e. The number of ether oxygens (including phenoxy) is 1. The molecule has 28 heavy (non-hydrogen) atoms. The highest BCUT2D eigenvalue weighted by molar-refractivity contribution is 7.90. The lowest BCUT2D eigenvalue weighted by atomic mass is 10.2. The Kier molecular flexibility index (Phi) is 5.36. The number of sulfone groups is 1. The van der Waals surface area contributed by atoms with Crippen LogP contribution >= 0.6 is 0 Å². The summed E-state index contributed by atoms with van der Waals surface area (Å²) < 4.78 is 57.1. The fraction of sp³-hybridized carbons (Fsp3) is 0.471. The first-order chi connectivity index (χ1) is 13.1. The van der Waals surface area contributed by atoms with Crippen molar-refractivity contribution in [2.75, 3.05) is 24.2 Å². The van der Waals surface area contributed by atoms with Gasteiger partial charge in [-0.25, -0.2) is 22.2 Å². The van der Waals surface area contributed by atoms with E-state index in [-0.39, 0.29) is 34.3 Å². The Bertz CT molecular complexity index is 1000. The Hall–Kier alpha value is -2.58. The van der Waals surface area contributed by atoms with Crippen molar-refractivity contribution in [1.82, 2.24) is 14.8 Å². The van der Waals surface area contributed by atoms with Crippen LogP contribution in [0, 0.1) is 11.3 Å². The number of hydrogen-bond acceptors (Lipinski definition) is 7. The van der Waals surface area contributed by atoms with Crippen LogP contribution in [-0.2, 0) is 14.6 Å². The third kappa shape index (κ3) is 3.83. The summed E-state index contributed by atoms with van der Waals surface area (Å²) in [5, 5.41) is 13.4. The Morgan fingerprint density at radius 3 is 2.39 bits per heavy atom. The molecular formula is C17H19F2N5O3S. The first-order valence-corrected chi connectivity index (χ1v) is 10.4. The lowest BCUT2D eigenvalue weighted by Gasteiger charge is -2.36. The number of anilines is 1. The molecular weight excluding hydrogens is 392 g/mol. The Morgan fingerprint density at radius 1 is 1.29 bits per heavy atom. The topological polar surface area (TPSA) is 101 Å². The van der Waals surface area contributed by atoms with Crippen LogP contribution in [0.5, 0.6) is 0 Å². The monoisotopic (exact) mass is 411 g/mol. The molecule has 8 nitrogen and oxygen atoms in total. The molecule has 2 aromatic rings. The van der Waals surface area contributed by atoms with Gasteiger partial charge in [-0.3, -0.25) is 0 Å². The van der Waals surface area contributed by atoms with Crippen molar-refractivity contribution < 1.29 is 21.9 Å². The summed E-state index contributed by atoms with van der Waals surface area (Å²) in [5.41, 5.74) is -0.872. The fourth-order valence-corrected chi connectivity index (χ4v) is 3.76.